The van der Waals surface area contributed by atoms with Gasteiger partial charge in [-0.3, -0.25) is 0 Å². The molecule has 0 saturated heterocycles. The van der Waals surface area contributed by atoms with E-state index in [-0.39, 0.29) is 32.7 Å². The van der Waals surface area contributed by atoms with E-state index in [0.29, 0.717) is 0 Å². The normalized spacial score (nSPS) is 9.27. The molecule has 0 heterocycles. The molecule has 0 nitrogen and oxygen atoms in total. The molecule has 0 amide bonds. The molecule has 0 N–H and O–H groups in total. The molecule has 0 aromatic heterocycles. The largest absolute Gasteiger partial charge is 0.329 e. The number of hydrogen-bond acceptors (Lipinski definition) is 0. The predicted molar refractivity (Wildman–Crippen MR) is 48.0 cm³/mol. The maximum absolute atomic E-state index is 2.38. The summed E-state index contributed by atoms with van der Waals surface area (Å²) in [6.45, 7) is 4.48. The third-order valence-electron chi connectivity index (χ3n) is 1.80. The maximum Gasteiger partial charge on any atom is 0 e. The summed E-state index contributed by atoms with van der Waals surface area (Å²) >= 11 is 0. The zero-order valence-electron chi connectivity index (χ0n) is 8.10. The Morgan fingerprint density at radius 1 is 0.909 bits per heavy atom. The molecule has 0 atom stereocenters. The Bertz CT molecular complexity index is 44.8. The first kappa shape index (κ1) is 14.6. The van der Waals surface area contributed by atoms with Crippen molar-refractivity contribution in [3.8, 4) is 0 Å². The molecule has 0 bridgehead atoms. The molecule has 0 spiro atoms. The van der Waals surface area contributed by atoms with Crippen LogP contribution in [-0.4, -0.2) is 0 Å². The second kappa shape index (κ2) is 13.7. The minimum absolute atomic E-state index is 0. The number of rotatable bonds is 7. The van der Waals surface area contributed by atoms with Crippen LogP contribution in [0.4, 0.5) is 0 Å². The van der Waals surface area contributed by atoms with E-state index in [1.807, 2.05) is 0 Å². The molecule has 0 fully saturated rings. The Kier molecular flexibility index (Phi) is 18.2. The van der Waals surface area contributed by atoms with Crippen molar-refractivity contribution in [3.05, 3.63) is 6.42 Å². The molecular formula is C10H21Y-. The SMILES string of the molecule is CC[CH-]CCCCCCC.[Y]. The van der Waals surface area contributed by atoms with Gasteiger partial charge in [0.1, 0.15) is 0 Å². The van der Waals surface area contributed by atoms with Gasteiger partial charge >= 0.3 is 0 Å². The van der Waals surface area contributed by atoms with Crippen molar-refractivity contribution in [1.29, 1.82) is 0 Å². The summed E-state index contributed by atoms with van der Waals surface area (Å²) in [6, 6.07) is 0. The molecule has 0 saturated carbocycles. The van der Waals surface area contributed by atoms with Gasteiger partial charge in [0.25, 0.3) is 0 Å². The standard InChI is InChI=1S/C10H21.Y/c1-3-5-7-9-10-8-6-4-2;/h5H,3-4,6-10H2,1-2H3;/q-1;. The zero-order chi connectivity index (χ0) is 7.66. The zero-order valence-corrected chi connectivity index (χ0v) is 10.9. The molecule has 65 valence electrons. The Hall–Kier alpha value is 1.10. The Balaban J connectivity index is 0. The summed E-state index contributed by atoms with van der Waals surface area (Å²) in [5.74, 6) is 0. The molecule has 0 aliphatic rings. The van der Waals surface area contributed by atoms with Gasteiger partial charge in [-0.2, -0.15) is 12.8 Å². The van der Waals surface area contributed by atoms with Crippen LogP contribution in [-0.2, 0) is 32.7 Å². The van der Waals surface area contributed by atoms with Gasteiger partial charge in [-0.1, -0.05) is 46.0 Å². The molecule has 1 heteroatoms. The first-order valence-electron chi connectivity index (χ1n) is 4.73. The van der Waals surface area contributed by atoms with Gasteiger partial charge in [-0.05, 0) is 0 Å². The average molecular weight is 230 g/mol. The van der Waals surface area contributed by atoms with E-state index in [1.165, 1.54) is 44.9 Å². The summed E-state index contributed by atoms with van der Waals surface area (Å²) in [5.41, 5.74) is 0. The second-order valence-corrected chi connectivity index (χ2v) is 2.90. The van der Waals surface area contributed by atoms with Crippen LogP contribution in [0.3, 0.4) is 0 Å². The van der Waals surface area contributed by atoms with Crippen LogP contribution in [0.25, 0.3) is 0 Å². The number of unbranched alkanes of at least 4 members (excludes halogenated alkanes) is 7. The summed E-state index contributed by atoms with van der Waals surface area (Å²) in [7, 11) is 0. The maximum atomic E-state index is 2.38. The molecule has 0 aromatic rings. The molecular weight excluding hydrogens is 209 g/mol. The quantitative estimate of drug-likeness (QED) is 0.458. The molecule has 0 aliphatic carbocycles. The van der Waals surface area contributed by atoms with E-state index in [9.17, 15) is 0 Å². The van der Waals surface area contributed by atoms with Gasteiger partial charge in [0, 0.05) is 32.7 Å². The van der Waals surface area contributed by atoms with Gasteiger partial charge in [-0.15, -0.1) is 0 Å². The van der Waals surface area contributed by atoms with Crippen LogP contribution in [0.2, 0.25) is 0 Å². The summed E-state index contributed by atoms with van der Waals surface area (Å²) in [6.07, 6.45) is 12.0. The fraction of sp³-hybridized carbons (Fsp3) is 0.900. The minimum Gasteiger partial charge on any atom is -0.329 e. The van der Waals surface area contributed by atoms with Crippen LogP contribution < -0.4 is 0 Å². The third kappa shape index (κ3) is 14.0. The van der Waals surface area contributed by atoms with Crippen molar-refractivity contribution in [3.63, 3.8) is 0 Å². The second-order valence-electron chi connectivity index (χ2n) is 2.90. The molecule has 0 unspecified atom stereocenters. The fourth-order valence-electron chi connectivity index (χ4n) is 1.10. The Morgan fingerprint density at radius 2 is 1.55 bits per heavy atom. The van der Waals surface area contributed by atoms with E-state index in [1.54, 1.807) is 0 Å². The smallest absolute Gasteiger partial charge is 0 e. The fourth-order valence-corrected chi connectivity index (χ4v) is 1.10. The summed E-state index contributed by atoms with van der Waals surface area (Å²) < 4.78 is 0. The summed E-state index contributed by atoms with van der Waals surface area (Å²) in [5, 5.41) is 0. The van der Waals surface area contributed by atoms with Crippen molar-refractivity contribution >= 4 is 0 Å². The van der Waals surface area contributed by atoms with Crippen LogP contribution in [0.15, 0.2) is 0 Å². The van der Waals surface area contributed by atoms with E-state index >= 15 is 0 Å². The monoisotopic (exact) mass is 230 g/mol. The van der Waals surface area contributed by atoms with E-state index in [2.05, 4.69) is 20.3 Å². The van der Waals surface area contributed by atoms with E-state index < -0.39 is 0 Å². The van der Waals surface area contributed by atoms with Crippen LogP contribution >= 0.6 is 0 Å². The van der Waals surface area contributed by atoms with Crippen molar-refractivity contribution < 1.29 is 32.7 Å². The van der Waals surface area contributed by atoms with Crippen molar-refractivity contribution in [1.82, 2.24) is 0 Å². The molecule has 0 aromatic carbocycles. The molecule has 0 rings (SSSR count). The van der Waals surface area contributed by atoms with Gasteiger partial charge in [0.15, 0.2) is 0 Å². The first-order valence-corrected chi connectivity index (χ1v) is 4.73. The first-order chi connectivity index (χ1) is 4.91. The molecule has 11 heavy (non-hydrogen) atoms. The van der Waals surface area contributed by atoms with Gasteiger partial charge in [0.2, 0.25) is 0 Å². The van der Waals surface area contributed by atoms with Crippen molar-refractivity contribution in [2.75, 3.05) is 0 Å². The van der Waals surface area contributed by atoms with Crippen LogP contribution in [0, 0.1) is 6.42 Å². The van der Waals surface area contributed by atoms with E-state index in [0.717, 1.165) is 0 Å². The molecule has 1 radical (unpaired) electrons. The van der Waals surface area contributed by atoms with E-state index in [4.69, 9.17) is 0 Å². The van der Waals surface area contributed by atoms with Gasteiger partial charge in [-0.25, -0.2) is 0 Å². The van der Waals surface area contributed by atoms with Crippen LogP contribution in [0.5, 0.6) is 0 Å². The number of hydrogen-bond donors (Lipinski definition) is 0. The minimum atomic E-state index is 0. The Morgan fingerprint density at radius 3 is 2.09 bits per heavy atom. The topological polar surface area (TPSA) is 0 Å². The third-order valence-corrected chi connectivity index (χ3v) is 1.80. The average Bonchev–Trinajstić information content (AvgIpc) is 1.97. The van der Waals surface area contributed by atoms with Crippen molar-refractivity contribution in [2.45, 2.75) is 58.8 Å². The summed E-state index contributed by atoms with van der Waals surface area (Å²) in [4.78, 5) is 0. The molecule has 0 aliphatic heterocycles. The van der Waals surface area contributed by atoms with Crippen LogP contribution in [0.1, 0.15) is 58.8 Å². The van der Waals surface area contributed by atoms with Gasteiger partial charge in [0.05, 0.1) is 0 Å². The van der Waals surface area contributed by atoms with Crippen molar-refractivity contribution in [2.24, 2.45) is 0 Å². The van der Waals surface area contributed by atoms with Gasteiger partial charge < -0.3 is 6.42 Å². The predicted octanol–water partition coefficient (Wildman–Crippen LogP) is 3.96. The Labute approximate surface area is 97.4 Å².